The number of fused-ring (bicyclic) bond motifs is 1. The van der Waals surface area contributed by atoms with E-state index in [9.17, 15) is 0 Å². The zero-order valence-corrected chi connectivity index (χ0v) is 11.9. The molecule has 1 fully saturated rings. The van der Waals surface area contributed by atoms with Gasteiger partial charge < -0.3 is 10.5 Å². The Balaban J connectivity index is 1.82. The minimum atomic E-state index is 0.142. The molecule has 0 bridgehead atoms. The monoisotopic (exact) mass is 260 g/mol. The molecule has 0 amide bonds. The fourth-order valence-corrected chi connectivity index (χ4v) is 3.73. The lowest BCUT2D eigenvalue weighted by Crippen LogP contribution is -2.45. The number of benzene rings is 1. The van der Waals surface area contributed by atoms with Crippen molar-refractivity contribution in [3.63, 3.8) is 0 Å². The number of hydrogen-bond acceptors (Lipinski definition) is 3. The van der Waals surface area contributed by atoms with Crippen LogP contribution in [-0.2, 0) is 4.74 Å². The Morgan fingerprint density at radius 1 is 1.26 bits per heavy atom. The van der Waals surface area contributed by atoms with E-state index in [-0.39, 0.29) is 6.04 Å². The number of rotatable bonds is 2. The molecule has 1 aliphatic heterocycles. The van der Waals surface area contributed by atoms with Gasteiger partial charge in [-0.2, -0.15) is 0 Å². The van der Waals surface area contributed by atoms with Gasteiger partial charge in [-0.1, -0.05) is 31.2 Å². The van der Waals surface area contributed by atoms with E-state index in [0.29, 0.717) is 18.1 Å². The lowest BCUT2D eigenvalue weighted by molar-refractivity contribution is 0.0934. The third-order valence-electron chi connectivity index (χ3n) is 4.87. The van der Waals surface area contributed by atoms with Crippen molar-refractivity contribution in [1.29, 1.82) is 0 Å². The Kier molecular flexibility index (Phi) is 3.61. The predicted octanol–water partition coefficient (Wildman–Crippen LogP) is 2.28. The number of ether oxygens (including phenoxy) is 1. The molecule has 1 saturated heterocycles. The second kappa shape index (κ2) is 5.23. The van der Waals surface area contributed by atoms with Crippen LogP contribution in [0.15, 0.2) is 24.3 Å². The third kappa shape index (κ3) is 2.31. The predicted molar refractivity (Wildman–Crippen MR) is 77.2 cm³/mol. The van der Waals surface area contributed by atoms with Crippen LogP contribution in [0.4, 0.5) is 0 Å². The van der Waals surface area contributed by atoms with Gasteiger partial charge in [0, 0.05) is 32.3 Å². The largest absolute Gasteiger partial charge is 0.380 e. The number of likely N-dealkylation sites (tertiary alicyclic amines) is 1. The Morgan fingerprint density at radius 2 is 2.00 bits per heavy atom. The van der Waals surface area contributed by atoms with Gasteiger partial charge in [-0.05, 0) is 29.9 Å². The first kappa shape index (κ1) is 13.1. The van der Waals surface area contributed by atoms with Gasteiger partial charge in [-0.25, -0.2) is 0 Å². The molecule has 2 N–H and O–H groups in total. The highest BCUT2D eigenvalue weighted by molar-refractivity contribution is 5.36. The highest BCUT2D eigenvalue weighted by Gasteiger charge is 2.37. The van der Waals surface area contributed by atoms with E-state index in [1.165, 1.54) is 11.1 Å². The first-order valence-electron chi connectivity index (χ1n) is 7.32. The Bertz CT molecular complexity index is 448. The van der Waals surface area contributed by atoms with E-state index in [4.69, 9.17) is 10.5 Å². The minimum Gasteiger partial charge on any atom is -0.380 e. The molecule has 2 aliphatic rings. The molecule has 1 aromatic rings. The van der Waals surface area contributed by atoms with Crippen LogP contribution in [0.25, 0.3) is 0 Å². The summed E-state index contributed by atoms with van der Waals surface area (Å²) in [6.07, 6.45) is 2.68. The first-order valence-corrected chi connectivity index (χ1v) is 7.32. The van der Waals surface area contributed by atoms with Crippen molar-refractivity contribution in [3.05, 3.63) is 35.4 Å². The summed E-state index contributed by atoms with van der Waals surface area (Å²) < 4.78 is 5.48. The Labute approximate surface area is 115 Å². The van der Waals surface area contributed by atoms with Gasteiger partial charge in [-0.15, -0.1) is 0 Å². The standard InChI is InChI=1S/C16H24N2O/c1-11-9-15(18-8-7-12(10-18)19-2)16(17)14-6-4-3-5-13(11)14/h3-6,11-12,15-16H,7-10,17H2,1-2H3. The van der Waals surface area contributed by atoms with Crippen LogP contribution in [0.5, 0.6) is 0 Å². The normalized spacial score (nSPS) is 35.3. The molecule has 4 unspecified atom stereocenters. The van der Waals surface area contributed by atoms with Crippen LogP contribution >= 0.6 is 0 Å². The highest BCUT2D eigenvalue weighted by Crippen LogP contribution is 2.39. The fourth-order valence-electron chi connectivity index (χ4n) is 3.73. The molecule has 3 heteroatoms. The molecule has 1 aliphatic carbocycles. The molecule has 1 heterocycles. The van der Waals surface area contributed by atoms with Crippen molar-refractivity contribution >= 4 is 0 Å². The molecule has 0 aromatic heterocycles. The third-order valence-corrected chi connectivity index (χ3v) is 4.87. The molecular weight excluding hydrogens is 236 g/mol. The molecule has 104 valence electrons. The van der Waals surface area contributed by atoms with Crippen LogP contribution in [0, 0.1) is 0 Å². The molecule has 0 spiro atoms. The quantitative estimate of drug-likeness (QED) is 0.886. The van der Waals surface area contributed by atoms with Crippen molar-refractivity contribution < 1.29 is 4.74 Å². The van der Waals surface area contributed by atoms with Crippen LogP contribution in [0.1, 0.15) is 42.9 Å². The molecule has 0 radical (unpaired) electrons. The maximum atomic E-state index is 6.54. The van der Waals surface area contributed by atoms with Gasteiger partial charge in [0.2, 0.25) is 0 Å². The van der Waals surface area contributed by atoms with E-state index in [0.717, 1.165) is 25.9 Å². The van der Waals surface area contributed by atoms with Gasteiger partial charge in [0.15, 0.2) is 0 Å². The van der Waals surface area contributed by atoms with E-state index in [1.807, 2.05) is 7.11 Å². The Hall–Kier alpha value is -0.900. The van der Waals surface area contributed by atoms with E-state index < -0.39 is 0 Å². The zero-order valence-electron chi connectivity index (χ0n) is 11.9. The van der Waals surface area contributed by atoms with E-state index in [1.54, 1.807) is 0 Å². The molecule has 1 aromatic carbocycles. The van der Waals surface area contributed by atoms with Crippen LogP contribution < -0.4 is 5.73 Å². The zero-order chi connectivity index (χ0) is 13.4. The van der Waals surface area contributed by atoms with Crippen LogP contribution in [-0.4, -0.2) is 37.2 Å². The number of hydrogen-bond donors (Lipinski definition) is 1. The molecule has 4 atom stereocenters. The van der Waals surface area contributed by atoms with Crippen molar-refractivity contribution in [2.75, 3.05) is 20.2 Å². The lowest BCUT2D eigenvalue weighted by Gasteiger charge is -2.40. The minimum absolute atomic E-state index is 0.142. The molecule has 3 rings (SSSR count). The summed E-state index contributed by atoms with van der Waals surface area (Å²) in [6, 6.07) is 9.27. The topological polar surface area (TPSA) is 38.5 Å². The van der Waals surface area contributed by atoms with Crippen molar-refractivity contribution in [3.8, 4) is 0 Å². The van der Waals surface area contributed by atoms with Crippen molar-refractivity contribution in [1.82, 2.24) is 4.90 Å². The number of nitrogens with zero attached hydrogens (tertiary/aromatic N) is 1. The summed E-state index contributed by atoms with van der Waals surface area (Å²) in [5.74, 6) is 0.600. The van der Waals surface area contributed by atoms with Gasteiger partial charge in [0.05, 0.1) is 6.10 Å². The smallest absolute Gasteiger partial charge is 0.0710 e. The van der Waals surface area contributed by atoms with Gasteiger partial charge in [0.1, 0.15) is 0 Å². The van der Waals surface area contributed by atoms with Crippen molar-refractivity contribution in [2.45, 2.75) is 43.9 Å². The second-order valence-corrected chi connectivity index (χ2v) is 6.00. The maximum Gasteiger partial charge on any atom is 0.0710 e. The summed E-state index contributed by atoms with van der Waals surface area (Å²) in [4.78, 5) is 2.53. The average molecular weight is 260 g/mol. The number of methoxy groups -OCH3 is 1. The molecule has 0 saturated carbocycles. The van der Waals surface area contributed by atoms with E-state index >= 15 is 0 Å². The lowest BCUT2D eigenvalue weighted by atomic mass is 9.78. The van der Waals surface area contributed by atoms with E-state index in [2.05, 4.69) is 36.1 Å². The molecule has 3 nitrogen and oxygen atoms in total. The van der Waals surface area contributed by atoms with Gasteiger partial charge in [-0.3, -0.25) is 4.90 Å². The van der Waals surface area contributed by atoms with Crippen LogP contribution in [0.3, 0.4) is 0 Å². The molecular formula is C16H24N2O. The highest BCUT2D eigenvalue weighted by atomic mass is 16.5. The SMILES string of the molecule is COC1CCN(C2CC(C)c3ccccc3C2N)C1. The summed E-state index contributed by atoms with van der Waals surface area (Å²) in [5.41, 5.74) is 9.32. The van der Waals surface area contributed by atoms with Crippen LogP contribution in [0.2, 0.25) is 0 Å². The van der Waals surface area contributed by atoms with Gasteiger partial charge in [0.25, 0.3) is 0 Å². The summed E-state index contributed by atoms with van der Waals surface area (Å²) in [6.45, 7) is 4.47. The van der Waals surface area contributed by atoms with Gasteiger partial charge >= 0.3 is 0 Å². The first-order chi connectivity index (χ1) is 9.20. The summed E-state index contributed by atoms with van der Waals surface area (Å²) >= 11 is 0. The molecule has 19 heavy (non-hydrogen) atoms. The maximum absolute atomic E-state index is 6.54. The summed E-state index contributed by atoms with van der Waals surface area (Å²) in [5, 5.41) is 0. The Morgan fingerprint density at radius 3 is 2.68 bits per heavy atom. The fraction of sp³-hybridized carbons (Fsp3) is 0.625. The summed E-state index contributed by atoms with van der Waals surface area (Å²) in [7, 11) is 1.81. The second-order valence-electron chi connectivity index (χ2n) is 6.00. The average Bonchev–Trinajstić information content (AvgIpc) is 2.91. The number of nitrogens with two attached hydrogens (primary N) is 1. The van der Waals surface area contributed by atoms with Crippen molar-refractivity contribution in [2.24, 2.45) is 5.73 Å².